The van der Waals surface area contributed by atoms with E-state index in [-0.39, 0.29) is 6.04 Å². The molecule has 106 valence electrons. The van der Waals surface area contributed by atoms with E-state index in [1.807, 2.05) is 6.07 Å². The Kier molecular flexibility index (Phi) is 4.95. The second-order valence-electron chi connectivity index (χ2n) is 5.31. The van der Waals surface area contributed by atoms with E-state index in [0.29, 0.717) is 16.0 Å². The maximum Gasteiger partial charge on any atom is 0.0638 e. The SMILES string of the molecule is CC(C)c1ccc(C(C)Nc2cc(Cl)ccc2Cl)cc1. The van der Waals surface area contributed by atoms with Gasteiger partial charge in [0.05, 0.1) is 10.7 Å². The molecule has 0 spiro atoms. The molecule has 0 aliphatic rings. The Balaban J connectivity index is 2.15. The van der Waals surface area contributed by atoms with Gasteiger partial charge in [-0.15, -0.1) is 0 Å². The van der Waals surface area contributed by atoms with Gasteiger partial charge >= 0.3 is 0 Å². The fourth-order valence-electron chi connectivity index (χ4n) is 2.09. The lowest BCUT2D eigenvalue weighted by molar-refractivity contribution is 0.852. The highest BCUT2D eigenvalue weighted by Crippen LogP contribution is 2.29. The molecule has 0 saturated carbocycles. The number of rotatable bonds is 4. The van der Waals surface area contributed by atoms with Crippen LogP contribution >= 0.6 is 23.2 Å². The molecule has 1 atom stereocenters. The second-order valence-corrected chi connectivity index (χ2v) is 6.16. The van der Waals surface area contributed by atoms with Crippen molar-refractivity contribution in [1.82, 2.24) is 0 Å². The van der Waals surface area contributed by atoms with Crippen LogP contribution < -0.4 is 5.32 Å². The van der Waals surface area contributed by atoms with Crippen LogP contribution in [0.4, 0.5) is 5.69 Å². The Morgan fingerprint density at radius 3 is 2.05 bits per heavy atom. The molecule has 20 heavy (non-hydrogen) atoms. The van der Waals surface area contributed by atoms with E-state index >= 15 is 0 Å². The monoisotopic (exact) mass is 307 g/mol. The molecule has 0 aliphatic heterocycles. The summed E-state index contributed by atoms with van der Waals surface area (Å²) in [6.07, 6.45) is 0. The third-order valence-corrected chi connectivity index (χ3v) is 3.97. The molecule has 0 radical (unpaired) electrons. The molecule has 0 fully saturated rings. The molecule has 0 saturated heterocycles. The second kappa shape index (κ2) is 6.51. The van der Waals surface area contributed by atoms with Gasteiger partial charge in [-0.05, 0) is 42.2 Å². The molecule has 0 bridgehead atoms. The van der Waals surface area contributed by atoms with Gasteiger partial charge in [0, 0.05) is 11.1 Å². The standard InChI is InChI=1S/C17H19Cl2N/c1-11(2)13-4-6-14(7-5-13)12(3)20-17-10-15(18)8-9-16(17)19/h4-12,20H,1-3H3. The molecule has 1 N–H and O–H groups in total. The molecule has 1 unspecified atom stereocenters. The summed E-state index contributed by atoms with van der Waals surface area (Å²) in [4.78, 5) is 0. The van der Waals surface area contributed by atoms with Gasteiger partial charge in [-0.25, -0.2) is 0 Å². The third-order valence-electron chi connectivity index (χ3n) is 3.40. The summed E-state index contributed by atoms with van der Waals surface area (Å²) in [7, 11) is 0. The van der Waals surface area contributed by atoms with E-state index in [1.54, 1.807) is 12.1 Å². The van der Waals surface area contributed by atoms with E-state index in [1.165, 1.54) is 11.1 Å². The van der Waals surface area contributed by atoms with Crippen molar-refractivity contribution in [3.05, 3.63) is 63.6 Å². The normalized spacial score (nSPS) is 12.5. The summed E-state index contributed by atoms with van der Waals surface area (Å²) in [5, 5.41) is 4.76. The topological polar surface area (TPSA) is 12.0 Å². The van der Waals surface area contributed by atoms with E-state index in [9.17, 15) is 0 Å². The van der Waals surface area contributed by atoms with E-state index in [0.717, 1.165) is 5.69 Å². The fourth-order valence-corrected chi connectivity index (χ4v) is 2.44. The number of halogens is 2. The Hall–Kier alpha value is -1.18. The molecule has 0 amide bonds. The summed E-state index contributed by atoms with van der Waals surface area (Å²) < 4.78 is 0. The molecule has 2 aromatic carbocycles. The highest BCUT2D eigenvalue weighted by Gasteiger charge is 2.09. The molecular weight excluding hydrogens is 289 g/mol. The van der Waals surface area contributed by atoms with Crippen LogP contribution in [0.25, 0.3) is 0 Å². The van der Waals surface area contributed by atoms with Crippen molar-refractivity contribution in [2.75, 3.05) is 5.32 Å². The van der Waals surface area contributed by atoms with Crippen molar-refractivity contribution in [2.45, 2.75) is 32.7 Å². The van der Waals surface area contributed by atoms with Gasteiger partial charge in [-0.1, -0.05) is 61.3 Å². The zero-order valence-electron chi connectivity index (χ0n) is 12.0. The summed E-state index contributed by atoms with van der Waals surface area (Å²) in [6.45, 7) is 6.51. The van der Waals surface area contributed by atoms with Gasteiger partial charge in [0.2, 0.25) is 0 Å². The number of anilines is 1. The molecule has 2 rings (SSSR count). The van der Waals surface area contributed by atoms with Crippen LogP contribution in [0.2, 0.25) is 10.0 Å². The Bertz CT molecular complexity index is 576. The minimum absolute atomic E-state index is 0.173. The minimum Gasteiger partial charge on any atom is -0.377 e. The van der Waals surface area contributed by atoms with E-state index in [4.69, 9.17) is 23.2 Å². The summed E-state index contributed by atoms with van der Waals surface area (Å²) in [5.74, 6) is 0.551. The number of benzene rings is 2. The van der Waals surface area contributed by atoms with E-state index < -0.39 is 0 Å². The smallest absolute Gasteiger partial charge is 0.0638 e. The fraction of sp³-hybridized carbons (Fsp3) is 0.294. The van der Waals surface area contributed by atoms with Gasteiger partial charge < -0.3 is 5.32 Å². The number of hydrogen-bond donors (Lipinski definition) is 1. The largest absolute Gasteiger partial charge is 0.377 e. The molecule has 0 aromatic heterocycles. The summed E-state index contributed by atoms with van der Waals surface area (Å²) in [5.41, 5.74) is 3.44. The first-order chi connectivity index (χ1) is 9.47. The molecule has 0 heterocycles. The van der Waals surface area contributed by atoms with Crippen molar-refractivity contribution in [3.8, 4) is 0 Å². The van der Waals surface area contributed by atoms with Crippen LogP contribution in [-0.2, 0) is 0 Å². The number of nitrogens with one attached hydrogen (secondary N) is 1. The number of hydrogen-bond acceptors (Lipinski definition) is 1. The predicted molar refractivity (Wildman–Crippen MR) is 89.0 cm³/mol. The van der Waals surface area contributed by atoms with Gasteiger partial charge in [-0.3, -0.25) is 0 Å². The van der Waals surface area contributed by atoms with Crippen LogP contribution in [-0.4, -0.2) is 0 Å². The summed E-state index contributed by atoms with van der Waals surface area (Å²) >= 11 is 12.2. The first kappa shape index (κ1) is 15.2. The van der Waals surface area contributed by atoms with Crippen LogP contribution in [0, 0.1) is 0 Å². The first-order valence-electron chi connectivity index (χ1n) is 6.79. The predicted octanol–water partition coefficient (Wildman–Crippen LogP) is 6.29. The molecule has 1 nitrogen and oxygen atoms in total. The maximum absolute atomic E-state index is 6.17. The molecule has 3 heteroatoms. The van der Waals surface area contributed by atoms with Gasteiger partial charge in [0.15, 0.2) is 0 Å². The molecule has 0 aliphatic carbocycles. The quantitative estimate of drug-likeness (QED) is 0.700. The summed E-state index contributed by atoms with van der Waals surface area (Å²) in [6, 6.07) is 14.3. The third kappa shape index (κ3) is 3.68. The average molecular weight is 308 g/mol. The zero-order valence-corrected chi connectivity index (χ0v) is 13.5. The first-order valence-corrected chi connectivity index (χ1v) is 7.54. The molecule has 2 aromatic rings. The van der Waals surface area contributed by atoms with Gasteiger partial charge in [0.1, 0.15) is 0 Å². The average Bonchev–Trinajstić information content (AvgIpc) is 2.43. The highest BCUT2D eigenvalue weighted by atomic mass is 35.5. The van der Waals surface area contributed by atoms with Crippen molar-refractivity contribution in [1.29, 1.82) is 0 Å². The van der Waals surface area contributed by atoms with Crippen molar-refractivity contribution in [3.63, 3.8) is 0 Å². The van der Waals surface area contributed by atoms with Crippen molar-refractivity contribution < 1.29 is 0 Å². The van der Waals surface area contributed by atoms with Crippen LogP contribution in [0.3, 0.4) is 0 Å². The van der Waals surface area contributed by atoms with Crippen LogP contribution in [0.1, 0.15) is 43.9 Å². The van der Waals surface area contributed by atoms with Crippen LogP contribution in [0.15, 0.2) is 42.5 Å². The highest BCUT2D eigenvalue weighted by molar-refractivity contribution is 6.35. The molecular formula is C17H19Cl2N. The van der Waals surface area contributed by atoms with E-state index in [2.05, 4.69) is 50.4 Å². The lowest BCUT2D eigenvalue weighted by Crippen LogP contribution is -2.07. The van der Waals surface area contributed by atoms with Gasteiger partial charge in [0.25, 0.3) is 0 Å². The van der Waals surface area contributed by atoms with Crippen molar-refractivity contribution >= 4 is 28.9 Å². The van der Waals surface area contributed by atoms with Crippen LogP contribution in [0.5, 0.6) is 0 Å². The zero-order chi connectivity index (χ0) is 14.7. The Labute approximate surface area is 130 Å². The van der Waals surface area contributed by atoms with Gasteiger partial charge in [-0.2, -0.15) is 0 Å². The Morgan fingerprint density at radius 1 is 0.850 bits per heavy atom. The maximum atomic E-state index is 6.17. The Morgan fingerprint density at radius 2 is 1.45 bits per heavy atom. The lowest BCUT2D eigenvalue weighted by atomic mass is 9.99. The minimum atomic E-state index is 0.173. The lowest BCUT2D eigenvalue weighted by Gasteiger charge is -2.18. The van der Waals surface area contributed by atoms with Crippen molar-refractivity contribution in [2.24, 2.45) is 0 Å².